The third-order valence-electron chi connectivity index (χ3n) is 5.02. The van der Waals surface area contributed by atoms with E-state index < -0.39 is 23.7 Å². The molecule has 2 atom stereocenters. The van der Waals surface area contributed by atoms with Crippen molar-refractivity contribution in [3.63, 3.8) is 0 Å². The highest BCUT2D eigenvalue weighted by molar-refractivity contribution is 9.10. The first kappa shape index (κ1) is 18.4. The first-order chi connectivity index (χ1) is 11.9. The molecule has 1 aliphatic heterocycles. The Morgan fingerprint density at radius 2 is 2.08 bits per heavy atom. The smallest absolute Gasteiger partial charge is 0.306 e. The zero-order valence-electron chi connectivity index (χ0n) is 14.1. The van der Waals surface area contributed by atoms with Crippen molar-refractivity contribution in [3.8, 4) is 0 Å². The van der Waals surface area contributed by atoms with Gasteiger partial charge in [-0.15, -0.1) is 0 Å². The first-order valence-corrected chi connectivity index (χ1v) is 9.24. The summed E-state index contributed by atoms with van der Waals surface area (Å²) in [6.45, 7) is 2.89. The normalized spacial score (nSPS) is 25.0. The summed E-state index contributed by atoms with van der Waals surface area (Å²) < 4.78 is 12.5. The van der Waals surface area contributed by atoms with Crippen molar-refractivity contribution >= 4 is 27.8 Å². The molecule has 25 heavy (non-hydrogen) atoms. The number of hydrogen-bond acceptors (Lipinski definition) is 4. The van der Waals surface area contributed by atoms with E-state index in [2.05, 4.69) is 21.2 Å². The zero-order chi connectivity index (χ0) is 18.0. The number of carbonyl (C=O) groups is 2. The molecule has 1 spiro atoms. The highest BCUT2D eigenvalue weighted by atomic mass is 79.9. The fraction of sp³-hybridized carbons (Fsp3) is 0.556. The molecule has 2 aliphatic rings. The van der Waals surface area contributed by atoms with Crippen LogP contribution in [0.1, 0.15) is 30.4 Å². The maximum absolute atomic E-state index is 12.6. The van der Waals surface area contributed by atoms with Gasteiger partial charge in [0.1, 0.15) is 0 Å². The molecule has 1 aromatic carbocycles. The van der Waals surface area contributed by atoms with Crippen molar-refractivity contribution in [3.05, 3.63) is 33.8 Å². The molecule has 1 amide bonds. The minimum atomic E-state index is -0.881. The Morgan fingerprint density at radius 1 is 1.36 bits per heavy atom. The topological polar surface area (TPSA) is 84.9 Å². The lowest BCUT2D eigenvalue weighted by Crippen LogP contribution is -2.57. The van der Waals surface area contributed by atoms with Crippen LogP contribution in [0.5, 0.6) is 0 Å². The highest BCUT2D eigenvalue weighted by Gasteiger charge is 2.50. The lowest BCUT2D eigenvalue weighted by atomic mass is 9.81. The summed E-state index contributed by atoms with van der Waals surface area (Å²) in [5.41, 5.74) is 1.97. The van der Waals surface area contributed by atoms with Gasteiger partial charge in [-0.2, -0.15) is 0 Å². The average molecular weight is 412 g/mol. The predicted molar refractivity (Wildman–Crippen MR) is 94.1 cm³/mol. The zero-order valence-corrected chi connectivity index (χ0v) is 15.7. The van der Waals surface area contributed by atoms with E-state index in [1.54, 1.807) is 0 Å². The summed E-state index contributed by atoms with van der Waals surface area (Å²) in [6, 6.07) is 5.36. The molecule has 1 saturated heterocycles. The van der Waals surface area contributed by atoms with Gasteiger partial charge in [0.15, 0.2) is 5.79 Å². The maximum atomic E-state index is 12.6. The van der Waals surface area contributed by atoms with Gasteiger partial charge in [-0.1, -0.05) is 22.0 Å². The average Bonchev–Trinajstić information content (AvgIpc) is 3.02. The van der Waals surface area contributed by atoms with Crippen LogP contribution in [0.15, 0.2) is 22.7 Å². The van der Waals surface area contributed by atoms with Crippen LogP contribution in [0.2, 0.25) is 0 Å². The quantitative estimate of drug-likeness (QED) is 0.794. The van der Waals surface area contributed by atoms with Crippen LogP contribution in [0.4, 0.5) is 0 Å². The van der Waals surface area contributed by atoms with Crippen molar-refractivity contribution in [1.82, 2.24) is 5.32 Å². The third kappa shape index (κ3) is 4.04. The maximum Gasteiger partial charge on any atom is 0.306 e. The molecule has 1 aliphatic carbocycles. The summed E-state index contributed by atoms with van der Waals surface area (Å²) >= 11 is 3.42. The number of aryl methyl sites for hydroxylation is 1. The number of carboxylic acid groups (broad SMARTS) is 1. The second-order valence-electron chi connectivity index (χ2n) is 6.69. The van der Waals surface area contributed by atoms with E-state index in [0.29, 0.717) is 32.5 Å². The molecule has 0 aromatic heterocycles. The number of benzene rings is 1. The number of carbonyl (C=O) groups excluding carboxylic acids is 1. The van der Waals surface area contributed by atoms with Gasteiger partial charge in [0.25, 0.3) is 0 Å². The molecular formula is C18H22BrNO5. The SMILES string of the molecule is Cc1ccc(Br)cc1CC(=O)NC1CC(C(=O)O)CCC12OCCO2. The van der Waals surface area contributed by atoms with E-state index in [9.17, 15) is 14.7 Å². The number of hydrogen-bond donors (Lipinski definition) is 2. The molecular weight excluding hydrogens is 390 g/mol. The number of ether oxygens (including phenoxy) is 2. The number of aliphatic carboxylic acids is 1. The molecule has 1 saturated carbocycles. The van der Waals surface area contributed by atoms with Crippen molar-refractivity contribution in [2.45, 2.75) is 44.4 Å². The van der Waals surface area contributed by atoms with E-state index in [1.165, 1.54) is 0 Å². The van der Waals surface area contributed by atoms with E-state index >= 15 is 0 Å². The van der Waals surface area contributed by atoms with Gasteiger partial charge in [-0.05, 0) is 43.0 Å². The summed E-state index contributed by atoms with van der Waals surface area (Å²) in [4.78, 5) is 23.9. The molecule has 0 bridgehead atoms. The van der Waals surface area contributed by atoms with Crippen LogP contribution >= 0.6 is 15.9 Å². The van der Waals surface area contributed by atoms with Crippen molar-refractivity contribution < 1.29 is 24.2 Å². The minimum Gasteiger partial charge on any atom is -0.481 e. The van der Waals surface area contributed by atoms with E-state index in [1.807, 2.05) is 25.1 Å². The van der Waals surface area contributed by atoms with Gasteiger partial charge in [0.2, 0.25) is 5.91 Å². The molecule has 6 nitrogen and oxygen atoms in total. The molecule has 1 aromatic rings. The minimum absolute atomic E-state index is 0.157. The number of rotatable bonds is 4. The lowest BCUT2D eigenvalue weighted by Gasteiger charge is -2.41. The number of carboxylic acids is 1. The van der Waals surface area contributed by atoms with Gasteiger partial charge in [0.05, 0.1) is 31.6 Å². The second kappa shape index (κ2) is 7.43. The van der Waals surface area contributed by atoms with Gasteiger partial charge < -0.3 is 19.9 Å². The third-order valence-corrected chi connectivity index (χ3v) is 5.51. The molecule has 2 fully saturated rings. The fourth-order valence-electron chi connectivity index (χ4n) is 3.59. The number of nitrogens with one attached hydrogen (secondary N) is 1. The lowest BCUT2D eigenvalue weighted by molar-refractivity contribution is -0.204. The molecule has 2 unspecified atom stereocenters. The van der Waals surface area contributed by atoms with Gasteiger partial charge >= 0.3 is 5.97 Å². The highest BCUT2D eigenvalue weighted by Crippen LogP contribution is 2.38. The summed E-state index contributed by atoms with van der Waals surface area (Å²) in [5, 5.41) is 12.3. The Morgan fingerprint density at radius 3 is 2.76 bits per heavy atom. The molecule has 2 N–H and O–H groups in total. The Bertz CT molecular complexity index is 671. The van der Waals surface area contributed by atoms with Crippen molar-refractivity contribution in [2.75, 3.05) is 13.2 Å². The molecule has 136 valence electrons. The van der Waals surface area contributed by atoms with Crippen LogP contribution in [0.25, 0.3) is 0 Å². The van der Waals surface area contributed by atoms with E-state index in [-0.39, 0.29) is 12.3 Å². The monoisotopic (exact) mass is 411 g/mol. The van der Waals surface area contributed by atoms with Crippen LogP contribution in [-0.2, 0) is 25.5 Å². The van der Waals surface area contributed by atoms with Crippen molar-refractivity contribution in [2.24, 2.45) is 5.92 Å². The first-order valence-electron chi connectivity index (χ1n) is 8.45. The van der Waals surface area contributed by atoms with Crippen LogP contribution in [0, 0.1) is 12.8 Å². The van der Waals surface area contributed by atoms with Gasteiger partial charge in [-0.3, -0.25) is 9.59 Å². The Balaban J connectivity index is 1.72. The molecule has 0 radical (unpaired) electrons. The largest absolute Gasteiger partial charge is 0.481 e. The van der Waals surface area contributed by atoms with E-state index in [0.717, 1.165) is 15.6 Å². The fourth-order valence-corrected chi connectivity index (χ4v) is 4.00. The summed E-state index contributed by atoms with van der Waals surface area (Å²) in [5.74, 6) is -2.37. The number of amides is 1. The molecule has 1 heterocycles. The van der Waals surface area contributed by atoms with E-state index in [4.69, 9.17) is 9.47 Å². The summed E-state index contributed by atoms with van der Waals surface area (Å²) in [6.07, 6.45) is 1.52. The van der Waals surface area contributed by atoms with Crippen molar-refractivity contribution in [1.29, 1.82) is 0 Å². The molecule has 7 heteroatoms. The second-order valence-corrected chi connectivity index (χ2v) is 7.60. The Kier molecular flexibility index (Phi) is 5.46. The Labute approximate surface area is 155 Å². The van der Waals surface area contributed by atoms with Crippen LogP contribution in [-0.4, -0.2) is 42.0 Å². The Hall–Kier alpha value is -1.44. The standard InChI is InChI=1S/C18H22BrNO5/c1-11-2-3-14(19)8-13(11)10-16(21)20-15-9-12(17(22)23)4-5-18(15)24-6-7-25-18/h2-3,8,12,15H,4-7,9-10H2,1H3,(H,20,21)(H,22,23). The number of halogens is 1. The van der Waals surface area contributed by atoms with Crippen LogP contribution < -0.4 is 5.32 Å². The molecule has 3 rings (SSSR count). The van der Waals surface area contributed by atoms with Crippen LogP contribution in [0.3, 0.4) is 0 Å². The summed E-state index contributed by atoms with van der Waals surface area (Å²) in [7, 11) is 0. The predicted octanol–water partition coefficient (Wildman–Crippen LogP) is 2.41. The van der Waals surface area contributed by atoms with Gasteiger partial charge in [0, 0.05) is 10.9 Å². The van der Waals surface area contributed by atoms with Gasteiger partial charge in [-0.25, -0.2) is 0 Å².